The van der Waals surface area contributed by atoms with Crippen molar-refractivity contribution in [3.63, 3.8) is 0 Å². The third-order valence-corrected chi connectivity index (χ3v) is 6.67. The molecule has 1 atom stereocenters. The van der Waals surface area contributed by atoms with Gasteiger partial charge in [0.05, 0.1) is 11.6 Å². The van der Waals surface area contributed by atoms with Crippen LogP contribution in [0, 0.1) is 23.2 Å². The van der Waals surface area contributed by atoms with E-state index in [9.17, 15) is 4.79 Å². The van der Waals surface area contributed by atoms with E-state index in [1.165, 1.54) is 44.1 Å². The van der Waals surface area contributed by atoms with Gasteiger partial charge in [-0.2, -0.15) is 5.26 Å². The molecule has 0 radical (unpaired) electrons. The Balaban J connectivity index is 1.34. The molecule has 1 aliphatic carbocycles. The van der Waals surface area contributed by atoms with E-state index >= 15 is 0 Å². The average Bonchev–Trinajstić information content (AvgIpc) is 3.56. The Morgan fingerprint density at radius 3 is 2.37 bits per heavy atom. The molecule has 144 valence electrons. The van der Waals surface area contributed by atoms with Crippen LogP contribution >= 0.6 is 0 Å². The SMILES string of the molecule is N#Cc1ccc(CN2CCC([C@H]3CCCCCN3C(=O)C3CC3)CC2)cc1. The highest BCUT2D eigenvalue weighted by atomic mass is 16.2. The highest BCUT2D eigenvalue weighted by Crippen LogP contribution is 2.36. The molecule has 27 heavy (non-hydrogen) atoms. The van der Waals surface area contributed by atoms with E-state index in [0.29, 0.717) is 23.8 Å². The summed E-state index contributed by atoms with van der Waals surface area (Å²) in [5.41, 5.74) is 2.01. The minimum absolute atomic E-state index is 0.349. The monoisotopic (exact) mass is 365 g/mol. The number of rotatable bonds is 4. The fraction of sp³-hybridized carbons (Fsp3) is 0.652. The second-order valence-corrected chi connectivity index (χ2v) is 8.64. The van der Waals surface area contributed by atoms with Gasteiger partial charge in [0, 0.05) is 25.0 Å². The summed E-state index contributed by atoms with van der Waals surface area (Å²) in [6.45, 7) is 4.19. The van der Waals surface area contributed by atoms with Gasteiger partial charge in [0.2, 0.25) is 5.91 Å². The van der Waals surface area contributed by atoms with E-state index in [0.717, 1.165) is 44.6 Å². The maximum absolute atomic E-state index is 12.8. The number of benzene rings is 1. The van der Waals surface area contributed by atoms with Gasteiger partial charge in [-0.15, -0.1) is 0 Å². The molecule has 0 aromatic heterocycles. The zero-order valence-corrected chi connectivity index (χ0v) is 16.3. The molecule has 3 aliphatic rings. The van der Waals surface area contributed by atoms with Crippen molar-refractivity contribution in [2.24, 2.45) is 11.8 Å². The molecule has 0 bridgehead atoms. The molecule has 3 fully saturated rings. The maximum atomic E-state index is 12.8. The molecule has 2 heterocycles. The third kappa shape index (κ3) is 4.52. The summed E-state index contributed by atoms with van der Waals surface area (Å²) in [5.74, 6) is 1.48. The van der Waals surface area contributed by atoms with Crippen LogP contribution in [0.1, 0.15) is 62.5 Å². The van der Waals surface area contributed by atoms with Crippen LogP contribution in [0.15, 0.2) is 24.3 Å². The van der Waals surface area contributed by atoms with Crippen molar-refractivity contribution in [1.29, 1.82) is 5.26 Å². The van der Waals surface area contributed by atoms with Gasteiger partial charge < -0.3 is 4.90 Å². The van der Waals surface area contributed by atoms with E-state index in [4.69, 9.17) is 5.26 Å². The number of amides is 1. The lowest BCUT2D eigenvalue weighted by molar-refractivity contribution is -0.136. The summed E-state index contributed by atoms with van der Waals surface area (Å²) in [4.78, 5) is 17.6. The van der Waals surface area contributed by atoms with Gasteiger partial charge in [-0.05, 0) is 75.2 Å². The Hall–Kier alpha value is -1.86. The number of carbonyl (C=O) groups excluding carboxylic acids is 1. The number of hydrogen-bond acceptors (Lipinski definition) is 3. The minimum Gasteiger partial charge on any atom is -0.339 e. The molecule has 0 spiro atoms. The molecular formula is C23H31N3O. The number of nitrogens with zero attached hydrogens (tertiary/aromatic N) is 3. The number of piperidine rings is 1. The second-order valence-electron chi connectivity index (χ2n) is 8.64. The van der Waals surface area contributed by atoms with E-state index in [-0.39, 0.29) is 0 Å². The summed E-state index contributed by atoms with van der Waals surface area (Å²) in [7, 11) is 0. The molecule has 2 saturated heterocycles. The zero-order valence-electron chi connectivity index (χ0n) is 16.3. The van der Waals surface area contributed by atoms with Crippen LogP contribution in [0.25, 0.3) is 0 Å². The van der Waals surface area contributed by atoms with Crippen molar-refractivity contribution in [2.75, 3.05) is 19.6 Å². The Morgan fingerprint density at radius 2 is 1.70 bits per heavy atom. The van der Waals surface area contributed by atoms with Gasteiger partial charge in [-0.25, -0.2) is 0 Å². The molecule has 4 nitrogen and oxygen atoms in total. The van der Waals surface area contributed by atoms with Crippen LogP contribution < -0.4 is 0 Å². The summed E-state index contributed by atoms with van der Waals surface area (Å²) >= 11 is 0. The lowest BCUT2D eigenvalue weighted by atomic mass is 9.85. The first-order valence-electron chi connectivity index (χ1n) is 10.8. The van der Waals surface area contributed by atoms with E-state index in [2.05, 4.69) is 28.0 Å². The average molecular weight is 366 g/mol. The molecule has 4 rings (SSSR count). The van der Waals surface area contributed by atoms with Gasteiger partial charge in [0.1, 0.15) is 0 Å². The summed E-state index contributed by atoms with van der Waals surface area (Å²) in [5, 5.41) is 8.93. The first-order chi connectivity index (χ1) is 13.2. The normalized spacial score (nSPS) is 25.0. The fourth-order valence-electron chi connectivity index (χ4n) is 4.90. The minimum atomic E-state index is 0.349. The largest absolute Gasteiger partial charge is 0.339 e. The number of hydrogen-bond donors (Lipinski definition) is 0. The summed E-state index contributed by atoms with van der Waals surface area (Å²) in [6.07, 6.45) is 9.60. The van der Waals surface area contributed by atoms with Crippen molar-refractivity contribution in [3.8, 4) is 6.07 Å². The maximum Gasteiger partial charge on any atom is 0.225 e. The van der Waals surface area contributed by atoms with E-state index < -0.39 is 0 Å². The van der Waals surface area contributed by atoms with Crippen LogP contribution in [-0.2, 0) is 11.3 Å². The fourth-order valence-corrected chi connectivity index (χ4v) is 4.90. The Bertz CT molecular complexity index is 681. The molecule has 1 aromatic carbocycles. The standard InChI is InChI=1S/C23H31N3O/c24-16-18-5-7-19(8-6-18)17-25-14-11-20(12-15-25)22-4-2-1-3-13-26(22)23(27)21-9-10-21/h5-8,20-22H,1-4,9-15,17H2/t22-/m1/s1. The highest BCUT2D eigenvalue weighted by molar-refractivity contribution is 5.81. The lowest BCUT2D eigenvalue weighted by Gasteiger charge is -2.41. The van der Waals surface area contributed by atoms with E-state index in [1.54, 1.807) is 0 Å². The highest BCUT2D eigenvalue weighted by Gasteiger charge is 2.39. The van der Waals surface area contributed by atoms with Gasteiger partial charge in [-0.3, -0.25) is 9.69 Å². The summed E-state index contributed by atoms with van der Waals surface area (Å²) in [6, 6.07) is 10.6. The zero-order chi connectivity index (χ0) is 18.6. The van der Waals surface area contributed by atoms with Gasteiger partial charge >= 0.3 is 0 Å². The van der Waals surface area contributed by atoms with Crippen LogP contribution in [0.5, 0.6) is 0 Å². The van der Waals surface area contributed by atoms with E-state index in [1.807, 2.05) is 12.1 Å². The van der Waals surface area contributed by atoms with Crippen molar-refractivity contribution < 1.29 is 4.79 Å². The molecule has 0 unspecified atom stereocenters. The summed E-state index contributed by atoms with van der Waals surface area (Å²) < 4.78 is 0. The first-order valence-corrected chi connectivity index (χ1v) is 10.8. The Kier molecular flexibility index (Phi) is 5.78. The van der Waals surface area contributed by atoms with Gasteiger partial charge in [0.25, 0.3) is 0 Å². The Morgan fingerprint density at radius 1 is 0.963 bits per heavy atom. The van der Waals surface area contributed by atoms with Crippen LogP contribution in [0.2, 0.25) is 0 Å². The molecule has 1 aromatic rings. The van der Waals surface area contributed by atoms with Crippen molar-refractivity contribution >= 4 is 5.91 Å². The smallest absolute Gasteiger partial charge is 0.225 e. The predicted molar refractivity (Wildman–Crippen MR) is 106 cm³/mol. The molecule has 4 heteroatoms. The molecule has 2 aliphatic heterocycles. The van der Waals surface area contributed by atoms with Crippen LogP contribution in [-0.4, -0.2) is 41.4 Å². The lowest BCUT2D eigenvalue weighted by Crippen LogP contribution is -2.48. The van der Waals surface area contributed by atoms with Crippen molar-refractivity contribution in [2.45, 2.75) is 64.0 Å². The van der Waals surface area contributed by atoms with Crippen molar-refractivity contribution in [3.05, 3.63) is 35.4 Å². The van der Waals surface area contributed by atoms with Crippen molar-refractivity contribution in [1.82, 2.24) is 9.80 Å². The topological polar surface area (TPSA) is 47.3 Å². The second kappa shape index (κ2) is 8.44. The number of likely N-dealkylation sites (tertiary alicyclic amines) is 2. The van der Waals surface area contributed by atoms with Crippen LogP contribution in [0.3, 0.4) is 0 Å². The first kappa shape index (κ1) is 18.5. The molecule has 0 N–H and O–H groups in total. The number of nitriles is 1. The third-order valence-electron chi connectivity index (χ3n) is 6.67. The Labute approximate surface area is 163 Å². The van der Waals surface area contributed by atoms with Gasteiger partial charge in [0.15, 0.2) is 0 Å². The quantitative estimate of drug-likeness (QED) is 0.812. The molecule has 1 amide bonds. The van der Waals surface area contributed by atoms with Gasteiger partial charge in [-0.1, -0.05) is 25.0 Å². The predicted octanol–water partition coefficient (Wildman–Crippen LogP) is 3.95. The molecular weight excluding hydrogens is 334 g/mol. The number of carbonyl (C=O) groups is 1. The molecule has 1 saturated carbocycles. The van der Waals surface area contributed by atoms with Crippen LogP contribution in [0.4, 0.5) is 0 Å².